The first-order valence-corrected chi connectivity index (χ1v) is 7.37. The van der Waals surface area contributed by atoms with Crippen molar-refractivity contribution in [3.8, 4) is 9.88 Å². The average Bonchev–Trinajstić information content (AvgIpc) is 2.83. The van der Waals surface area contributed by atoms with Gasteiger partial charge in [0.05, 0.1) is 10.6 Å². The number of rotatable bonds is 5. The van der Waals surface area contributed by atoms with Gasteiger partial charge in [-0.05, 0) is 36.8 Å². The van der Waals surface area contributed by atoms with E-state index in [1.165, 1.54) is 23.4 Å². The lowest BCUT2D eigenvalue weighted by Gasteiger charge is -1.99. The van der Waals surface area contributed by atoms with Crippen molar-refractivity contribution in [2.45, 2.75) is 19.4 Å². The summed E-state index contributed by atoms with van der Waals surface area (Å²) in [5.41, 5.74) is 1.18. The summed E-state index contributed by atoms with van der Waals surface area (Å²) in [6.45, 7) is 2.07. The molecule has 0 saturated heterocycles. The number of thiazole rings is 1. The van der Waals surface area contributed by atoms with Crippen LogP contribution >= 0.6 is 35.1 Å². The van der Waals surface area contributed by atoms with Gasteiger partial charge < -0.3 is 5.32 Å². The van der Waals surface area contributed by atoms with Crippen LogP contribution < -0.4 is 5.32 Å². The third-order valence-electron chi connectivity index (χ3n) is 2.72. The zero-order valence-electron chi connectivity index (χ0n) is 9.39. The van der Waals surface area contributed by atoms with Gasteiger partial charge in [0.1, 0.15) is 5.01 Å². The highest BCUT2D eigenvalue weighted by Crippen LogP contribution is 2.29. The number of aromatic nitrogens is 1. The average molecular weight is 287 g/mol. The van der Waals surface area contributed by atoms with Gasteiger partial charge >= 0.3 is 0 Å². The van der Waals surface area contributed by atoms with Crippen LogP contribution in [0.3, 0.4) is 0 Å². The van der Waals surface area contributed by atoms with Crippen molar-refractivity contribution in [2.24, 2.45) is 5.92 Å². The molecule has 2 nitrogen and oxygen atoms in total. The number of nitrogens with one attached hydrogen (secondary N) is 1. The van der Waals surface area contributed by atoms with Crippen molar-refractivity contribution in [1.29, 1.82) is 0 Å². The second kappa shape index (κ2) is 5.96. The minimum absolute atomic E-state index is 0. The van der Waals surface area contributed by atoms with Gasteiger partial charge in [0.2, 0.25) is 0 Å². The fourth-order valence-corrected chi connectivity index (χ4v) is 3.26. The molecule has 2 aromatic rings. The first kappa shape index (κ1) is 13.0. The fourth-order valence-electron chi connectivity index (χ4n) is 1.63. The van der Waals surface area contributed by atoms with Crippen LogP contribution in [0.15, 0.2) is 22.9 Å². The van der Waals surface area contributed by atoms with Gasteiger partial charge in [0, 0.05) is 11.9 Å². The van der Waals surface area contributed by atoms with E-state index in [4.69, 9.17) is 0 Å². The van der Waals surface area contributed by atoms with Crippen LogP contribution in [0.2, 0.25) is 0 Å². The van der Waals surface area contributed by atoms with Gasteiger partial charge in [-0.2, -0.15) is 0 Å². The summed E-state index contributed by atoms with van der Waals surface area (Å²) in [5, 5.41) is 8.88. The monoisotopic (exact) mass is 286 g/mol. The zero-order valence-corrected chi connectivity index (χ0v) is 11.8. The van der Waals surface area contributed by atoms with E-state index < -0.39 is 0 Å². The SMILES string of the molecule is Cl.c1csc(-c2nc(CNCC3CC3)cs2)c1. The Kier molecular flexibility index (Phi) is 4.56. The van der Waals surface area contributed by atoms with Gasteiger partial charge in [-0.1, -0.05) is 6.07 Å². The molecule has 3 rings (SSSR count). The number of nitrogens with zero attached hydrogens (tertiary/aromatic N) is 1. The van der Waals surface area contributed by atoms with Crippen molar-refractivity contribution in [3.63, 3.8) is 0 Å². The Hall–Kier alpha value is -0.420. The van der Waals surface area contributed by atoms with Crippen molar-refractivity contribution in [1.82, 2.24) is 10.3 Å². The molecule has 0 aliphatic heterocycles. The predicted octanol–water partition coefficient (Wildman–Crippen LogP) is 3.79. The van der Waals surface area contributed by atoms with Crippen molar-refractivity contribution < 1.29 is 0 Å². The summed E-state index contributed by atoms with van der Waals surface area (Å²) >= 11 is 3.50. The highest BCUT2D eigenvalue weighted by atomic mass is 35.5. The summed E-state index contributed by atoms with van der Waals surface area (Å²) < 4.78 is 0. The molecule has 0 spiro atoms. The van der Waals surface area contributed by atoms with Gasteiger partial charge in [-0.15, -0.1) is 35.1 Å². The molecule has 0 aromatic carbocycles. The minimum Gasteiger partial charge on any atom is -0.311 e. The Bertz CT molecular complexity index is 449. The topological polar surface area (TPSA) is 24.9 Å². The molecule has 0 bridgehead atoms. The molecule has 2 aromatic heterocycles. The molecule has 17 heavy (non-hydrogen) atoms. The number of halogens is 1. The van der Waals surface area contributed by atoms with Crippen LogP contribution in [0.1, 0.15) is 18.5 Å². The molecule has 2 heterocycles. The Morgan fingerprint density at radius 2 is 2.24 bits per heavy atom. The minimum atomic E-state index is 0. The van der Waals surface area contributed by atoms with E-state index in [1.54, 1.807) is 22.7 Å². The van der Waals surface area contributed by atoms with Crippen LogP contribution in [-0.4, -0.2) is 11.5 Å². The van der Waals surface area contributed by atoms with E-state index in [9.17, 15) is 0 Å². The van der Waals surface area contributed by atoms with E-state index in [-0.39, 0.29) is 12.4 Å². The maximum Gasteiger partial charge on any atom is 0.133 e. The van der Waals surface area contributed by atoms with Crippen LogP contribution in [0, 0.1) is 5.92 Å². The highest BCUT2D eigenvalue weighted by Gasteiger charge is 2.20. The molecule has 1 fully saturated rings. The molecule has 1 saturated carbocycles. The lowest BCUT2D eigenvalue weighted by molar-refractivity contribution is 0.632. The van der Waals surface area contributed by atoms with E-state index in [0.29, 0.717) is 0 Å². The highest BCUT2D eigenvalue weighted by molar-refractivity contribution is 7.20. The van der Waals surface area contributed by atoms with Crippen molar-refractivity contribution >= 4 is 35.1 Å². The van der Waals surface area contributed by atoms with Gasteiger partial charge in [-0.3, -0.25) is 0 Å². The summed E-state index contributed by atoms with van der Waals surface area (Å²) in [5.74, 6) is 0.940. The number of hydrogen-bond acceptors (Lipinski definition) is 4. The van der Waals surface area contributed by atoms with Crippen LogP contribution in [0.4, 0.5) is 0 Å². The summed E-state index contributed by atoms with van der Waals surface area (Å²) in [6, 6.07) is 4.21. The molecule has 0 radical (unpaired) electrons. The molecule has 92 valence electrons. The maximum atomic E-state index is 4.64. The van der Waals surface area contributed by atoms with Crippen molar-refractivity contribution in [3.05, 3.63) is 28.6 Å². The lowest BCUT2D eigenvalue weighted by atomic mass is 10.4. The summed E-state index contributed by atoms with van der Waals surface area (Å²) in [7, 11) is 0. The van der Waals surface area contributed by atoms with E-state index in [0.717, 1.165) is 24.0 Å². The standard InChI is InChI=1S/C12H14N2S2.ClH/c1-2-11(15-5-1)12-14-10(8-16-12)7-13-6-9-3-4-9;/h1-2,5,8-9,13H,3-4,6-7H2;1H. The van der Waals surface area contributed by atoms with Gasteiger partial charge in [0.25, 0.3) is 0 Å². The number of thiophene rings is 1. The zero-order chi connectivity index (χ0) is 10.8. The molecule has 1 N–H and O–H groups in total. The van der Waals surface area contributed by atoms with Crippen LogP contribution in [-0.2, 0) is 6.54 Å². The molecular weight excluding hydrogens is 272 g/mol. The Morgan fingerprint density at radius 1 is 1.35 bits per heavy atom. The predicted molar refractivity (Wildman–Crippen MR) is 77.1 cm³/mol. The normalized spacial score (nSPS) is 14.6. The van der Waals surface area contributed by atoms with Crippen LogP contribution in [0.25, 0.3) is 9.88 Å². The molecule has 0 amide bonds. The maximum absolute atomic E-state index is 4.64. The van der Waals surface area contributed by atoms with E-state index in [2.05, 4.69) is 33.2 Å². The first-order chi connectivity index (χ1) is 7.92. The first-order valence-electron chi connectivity index (χ1n) is 5.61. The second-order valence-electron chi connectivity index (χ2n) is 4.20. The molecule has 0 unspecified atom stereocenters. The lowest BCUT2D eigenvalue weighted by Crippen LogP contribution is -2.16. The molecule has 0 atom stereocenters. The molecule has 5 heteroatoms. The molecule has 1 aliphatic carbocycles. The fraction of sp³-hybridized carbons (Fsp3) is 0.417. The van der Waals surface area contributed by atoms with E-state index in [1.807, 2.05) is 0 Å². The second-order valence-corrected chi connectivity index (χ2v) is 6.00. The van der Waals surface area contributed by atoms with E-state index >= 15 is 0 Å². The quantitative estimate of drug-likeness (QED) is 0.904. The van der Waals surface area contributed by atoms with Crippen LogP contribution in [0.5, 0.6) is 0 Å². The summed E-state index contributed by atoms with van der Waals surface area (Å²) in [6.07, 6.45) is 2.81. The molecular formula is C12H15ClN2S2. The third-order valence-corrected chi connectivity index (χ3v) is 4.65. The Balaban J connectivity index is 0.00000108. The molecule has 1 aliphatic rings. The largest absolute Gasteiger partial charge is 0.311 e. The van der Waals surface area contributed by atoms with Gasteiger partial charge in [-0.25, -0.2) is 4.98 Å². The summed E-state index contributed by atoms with van der Waals surface area (Å²) in [4.78, 5) is 5.91. The Morgan fingerprint density at radius 3 is 2.94 bits per heavy atom. The third kappa shape index (κ3) is 3.52. The van der Waals surface area contributed by atoms with Gasteiger partial charge in [0.15, 0.2) is 0 Å². The van der Waals surface area contributed by atoms with Crippen molar-refractivity contribution in [2.75, 3.05) is 6.54 Å². The Labute approximate surface area is 116 Å². The smallest absolute Gasteiger partial charge is 0.133 e. The number of hydrogen-bond donors (Lipinski definition) is 1.